The highest BCUT2D eigenvalue weighted by Gasteiger charge is 2.37. The highest BCUT2D eigenvalue weighted by atomic mass is 16.5. The van der Waals surface area contributed by atoms with Crippen LogP contribution in [0, 0.1) is 5.92 Å². The number of benzene rings is 3. The SMILES string of the molecule is CCCC(OC(=O)c1ccccc1)C(C(=O)Nc1ccccc1)C(=O)Nc1ccc(O)cc1. The van der Waals surface area contributed by atoms with Gasteiger partial charge in [-0.05, 0) is 55.0 Å². The monoisotopic (exact) mass is 446 g/mol. The van der Waals surface area contributed by atoms with Crippen molar-refractivity contribution in [3.8, 4) is 5.75 Å². The number of phenols is 1. The minimum absolute atomic E-state index is 0.0482. The van der Waals surface area contributed by atoms with Crippen molar-refractivity contribution in [2.75, 3.05) is 10.6 Å². The van der Waals surface area contributed by atoms with Crippen molar-refractivity contribution in [2.45, 2.75) is 25.9 Å². The molecule has 2 unspecified atom stereocenters. The number of hydrogen-bond donors (Lipinski definition) is 3. The van der Waals surface area contributed by atoms with E-state index in [9.17, 15) is 19.5 Å². The summed E-state index contributed by atoms with van der Waals surface area (Å²) in [6.07, 6.45) is -0.0773. The molecule has 2 amide bonds. The van der Waals surface area contributed by atoms with E-state index in [1.54, 1.807) is 54.6 Å². The Morgan fingerprint density at radius 3 is 1.85 bits per heavy atom. The first kappa shape index (κ1) is 23.5. The molecule has 0 spiro atoms. The lowest BCUT2D eigenvalue weighted by molar-refractivity contribution is -0.134. The number of carbonyl (C=O) groups excluding carboxylic acids is 3. The molecular weight excluding hydrogens is 420 g/mol. The second-order valence-corrected chi connectivity index (χ2v) is 7.47. The van der Waals surface area contributed by atoms with E-state index in [1.165, 1.54) is 24.3 Å². The van der Waals surface area contributed by atoms with Crippen molar-refractivity contribution in [2.24, 2.45) is 5.92 Å². The maximum absolute atomic E-state index is 13.2. The summed E-state index contributed by atoms with van der Waals surface area (Å²) in [5, 5.41) is 14.9. The fraction of sp³-hybridized carbons (Fsp3) is 0.192. The molecule has 7 heteroatoms. The van der Waals surface area contributed by atoms with Gasteiger partial charge < -0.3 is 20.5 Å². The summed E-state index contributed by atoms with van der Waals surface area (Å²) >= 11 is 0. The first-order valence-electron chi connectivity index (χ1n) is 10.7. The average Bonchev–Trinajstić information content (AvgIpc) is 2.82. The number of nitrogens with one attached hydrogen (secondary N) is 2. The molecule has 0 heterocycles. The average molecular weight is 447 g/mol. The van der Waals surface area contributed by atoms with Gasteiger partial charge in [-0.15, -0.1) is 0 Å². The van der Waals surface area contributed by atoms with E-state index in [1.807, 2.05) is 13.0 Å². The molecule has 7 nitrogen and oxygen atoms in total. The summed E-state index contributed by atoms with van der Waals surface area (Å²) < 4.78 is 5.68. The summed E-state index contributed by atoms with van der Waals surface area (Å²) in [5.74, 6) is -3.06. The number of phenolic OH excluding ortho intramolecular Hbond substituents is 1. The van der Waals surface area contributed by atoms with E-state index < -0.39 is 29.8 Å². The Hall–Kier alpha value is -4.13. The zero-order chi connectivity index (χ0) is 23.6. The number of ether oxygens (including phenoxy) is 1. The lowest BCUT2D eigenvalue weighted by atomic mass is 9.95. The molecule has 0 aliphatic heterocycles. The molecule has 0 aromatic heterocycles. The van der Waals surface area contributed by atoms with E-state index in [4.69, 9.17) is 4.74 Å². The molecule has 0 saturated heterocycles. The largest absolute Gasteiger partial charge is 0.508 e. The van der Waals surface area contributed by atoms with Gasteiger partial charge in [0.1, 0.15) is 11.9 Å². The standard InChI is InChI=1S/C26H26N2O5/c1-2-9-22(33-26(32)18-10-5-3-6-11-18)23(24(30)27-19-12-7-4-8-13-19)25(31)28-20-14-16-21(29)17-15-20/h3-8,10-17,22-23,29H,2,9H2,1H3,(H,27,30)(H,28,31). The Balaban J connectivity index is 1.87. The van der Waals surface area contributed by atoms with Gasteiger partial charge in [0.15, 0.2) is 5.92 Å². The molecule has 170 valence electrons. The van der Waals surface area contributed by atoms with Crippen LogP contribution in [-0.4, -0.2) is 29.0 Å². The van der Waals surface area contributed by atoms with Gasteiger partial charge in [-0.25, -0.2) is 4.79 Å². The van der Waals surface area contributed by atoms with Crippen LogP contribution in [0.15, 0.2) is 84.9 Å². The van der Waals surface area contributed by atoms with E-state index in [-0.39, 0.29) is 5.75 Å². The molecule has 3 N–H and O–H groups in total. The minimum Gasteiger partial charge on any atom is -0.508 e. The van der Waals surface area contributed by atoms with Crippen LogP contribution in [0.4, 0.5) is 11.4 Å². The van der Waals surface area contributed by atoms with Crippen molar-refractivity contribution in [3.63, 3.8) is 0 Å². The van der Waals surface area contributed by atoms with Gasteiger partial charge in [-0.3, -0.25) is 9.59 Å². The maximum atomic E-state index is 13.2. The lowest BCUT2D eigenvalue weighted by Gasteiger charge is -2.25. The quantitative estimate of drug-likeness (QED) is 0.253. The van der Waals surface area contributed by atoms with Crippen LogP contribution in [0.3, 0.4) is 0 Å². The van der Waals surface area contributed by atoms with Crippen LogP contribution in [0.25, 0.3) is 0 Å². The molecule has 33 heavy (non-hydrogen) atoms. The maximum Gasteiger partial charge on any atom is 0.338 e. The van der Waals surface area contributed by atoms with E-state index in [2.05, 4.69) is 10.6 Å². The van der Waals surface area contributed by atoms with Crippen LogP contribution >= 0.6 is 0 Å². The summed E-state index contributed by atoms with van der Waals surface area (Å²) in [6.45, 7) is 1.88. The predicted molar refractivity (Wildman–Crippen MR) is 126 cm³/mol. The zero-order valence-corrected chi connectivity index (χ0v) is 18.2. The van der Waals surface area contributed by atoms with Gasteiger partial charge in [0, 0.05) is 11.4 Å². The molecule has 0 aliphatic rings. The van der Waals surface area contributed by atoms with Crippen LogP contribution in [0.5, 0.6) is 5.75 Å². The van der Waals surface area contributed by atoms with Gasteiger partial charge in [0.2, 0.25) is 11.8 Å². The first-order chi connectivity index (χ1) is 16.0. The third-order valence-electron chi connectivity index (χ3n) is 4.95. The third kappa shape index (κ3) is 6.67. The van der Waals surface area contributed by atoms with Crippen molar-refractivity contribution >= 4 is 29.2 Å². The zero-order valence-electron chi connectivity index (χ0n) is 18.2. The van der Waals surface area contributed by atoms with E-state index in [0.29, 0.717) is 29.8 Å². The number of amides is 2. The number of rotatable bonds is 9. The fourth-order valence-corrected chi connectivity index (χ4v) is 3.32. The fourth-order valence-electron chi connectivity index (χ4n) is 3.32. The van der Waals surface area contributed by atoms with Gasteiger partial charge >= 0.3 is 5.97 Å². The van der Waals surface area contributed by atoms with Crippen LogP contribution < -0.4 is 10.6 Å². The first-order valence-corrected chi connectivity index (χ1v) is 10.7. The van der Waals surface area contributed by atoms with E-state index in [0.717, 1.165) is 0 Å². The number of esters is 1. The highest BCUT2D eigenvalue weighted by molar-refractivity contribution is 6.11. The molecule has 0 saturated carbocycles. The van der Waals surface area contributed by atoms with Crippen molar-refractivity contribution < 1.29 is 24.2 Å². The number of anilines is 2. The Bertz CT molecular complexity index is 1070. The van der Waals surface area contributed by atoms with Crippen LogP contribution in [-0.2, 0) is 14.3 Å². The third-order valence-corrected chi connectivity index (χ3v) is 4.95. The molecular formula is C26H26N2O5. The molecule has 3 rings (SSSR count). The number of aromatic hydroxyl groups is 1. The Morgan fingerprint density at radius 2 is 1.30 bits per heavy atom. The molecule has 2 atom stereocenters. The van der Waals surface area contributed by atoms with Crippen LogP contribution in [0.1, 0.15) is 30.1 Å². The number of para-hydroxylation sites is 1. The Kier molecular flexibility index (Phi) is 8.18. The predicted octanol–water partition coefficient (Wildman–Crippen LogP) is 4.61. The molecule has 3 aromatic carbocycles. The Labute approximate surface area is 192 Å². The van der Waals surface area contributed by atoms with Gasteiger partial charge in [-0.1, -0.05) is 49.7 Å². The molecule has 0 aliphatic carbocycles. The van der Waals surface area contributed by atoms with Gasteiger partial charge in [-0.2, -0.15) is 0 Å². The Morgan fingerprint density at radius 1 is 0.788 bits per heavy atom. The van der Waals surface area contributed by atoms with E-state index >= 15 is 0 Å². The molecule has 0 bridgehead atoms. The normalized spacial score (nSPS) is 12.3. The van der Waals surface area contributed by atoms with Gasteiger partial charge in [0.25, 0.3) is 0 Å². The summed E-state index contributed by atoms with van der Waals surface area (Å²) in [4.78, 5) is 39.2. The molecule has 0 radical (unpaired) electrons. The van der Waals surface area contributed by atoms with Gasteiger partial charge in [0.05, 0.1) is 5.56 Å². The second-order valence-electron chi connectivity index (χ2n) is 7.47. The minimum atomic E-state index is -1.30. The topological polar surface area (TPSA) is 105 Å². The van der Waals surface area contributed by atoms with Crippen LogP contribution in [0.2, 0.25) is 0 Å². The summed E-state index contributed by atoms with van der Waals surface area (Å²) in [6, 6.07) is 23.1. The van der Waals surface area contributed by atoms with Crippen molar-refractivity contribution in [3.05, 3.63) is 90.5 Å². The summed E-state index contributed by atoms with van der Waals surface area (Å²) in [7, 11) is 0. The molecule has 0 fully saturated rings. The second kappa shape index (κ2) is 11.5. The molecule has 3 aromatic rings. The van der Waals surface area contributed by atoms with Crippen molar-refractivity contribution in [1.82, 2.24) is 0 Å². The van der Waals surface area contributed by atoms with Crippen molar-refractivity contribution in [1.29, 1.82) is 0 Å². The summed E-state index contributed by atoms with van der Waals surface area (Å²) in [5.41, 5.74) is 1.26. The smallest absolute Gasteiger partial charge is 0.338 e. The highest BCUT2D eigenvalue weighted by Crippen LogP contribution is 2.22. The number of hydrogen-bond acceptors (Lipinski definition) is 5. The lowest BCUT2D eigenvalue weighted by Crippen LogP contribution is -2.44. The number of carbonyl (C=O) groups is 3.